The van der Waals surface area contributed by atoms with E-state index in [-0.39, 0.29) is 22.2 Å². The number of nitrogens with two attached hydrogens (primary N) is 2. The average molecular weight is 623 g/mol. The third-order valence-corrected chi connectivity index (χ3v) is 12.2. The standard InChI is InChI=1S/C27H41N.C14H14FN.C2H4/c1-7-9-20-17-23-26(6,24(20)19(4)8-2)14-12-22-25(5)13-10-18(3)16-21(25)11-15-27(22,23)28;1-10-2-3-12(9-14(10)15)8-11-4-6-13(16)7-5-11;1-2/h8,10,13,16,18,20,22-24H,2,4,7,9,11-12,14-15,17,28H2,1,3,5-6H3;2-7,9H,8,16H2,1H3;1-2H2/t18?,20-,22?,23?,24?,25?,26?,27?;;/m1../s1. The van der Waals surface area contributed by atoms with Gasteiger partial charge >= 0.3 is 0 Å². The van der Waals surface area contributed by atoms with E-state index in [1.807, 2.05) is 42.5 Å². The summed E-state index contributed by atoms with van der Waals surface area (Å²) in [4.78, 5) is 0. The maximum Gasteiger partial charge on any atom is 0.126 e. The van der Waals surface area contributed by atoms with Gasteiger partial charge in [0.25, 0.3) is 0 Å². The fourth-order valence-electron chi connectivity index (χ4n) is 9.98. The minimum absolute atomic E-state index is 0.0494. The second-order valence-corrected chi connectivity index (χ2v) is 15.0. The molecular weight excluding hydrogens is 563 g/mol. The van der Waals surface area contributed by atoms with Crippen LogP contribution in [0.2, 0.25) is 0 Å². The van der Waals surface area contributed by atoms with Crippen molar-refractivity contribution in [3.8, 4) is 0 Å². The zero-order chi connectivity index (χ0) is 33.9. The Hall–Kier alpha value is -3.17. The minimum Gasteiger partial charge on any atom is -0.399 e. The van der Waals surface area contributed by atoms with Crippen molar-refractivity contribution in [2.24, 2.45) is 46.2 Å². The van der Waals surface area contributed by atoms with Gasteiger partial charge in [-0.15, -0.1) is 13.2 Å². The van der Waals surface area contributed by atoms with E-state index in [1.54, 1.807) is 18.6 Å². The second kappa shape index (κ2) is 14.3. The summed E-state index contributed by atoms with van der Waals surface area (Å²) in [5, 5.41) is 0. The van der Waals surface area contributed by atoms with Crippen LogP contribution >= 0.6 is 0 Å². The first-order chi connectivity index (χ1) is 21.9. The first-order valence-electron chi connectivity index (χ1n) is 17.5. The van der Waals surface area contributed by atoms with Gasteiger partial charge in [0, 0.05) is 16.6 Å². The maximum atomic E-state index is 13.3. The van der Waals surface area contributed by atoms with Gasteiger partial charge in [0.2, 0.25) is 0 Å². The fourth-order valence-corrected chi connectivity index (χ4v) is 9.98. The molecule has 46 heavy (non-hydrogen) atoms. The van der Waals surface area contributed by atoms with Gasteiger partial charge in [-0.1, -0.05) is 113 Å². The van der Waals surface area contributed by atoms with Crippen LogP contribution in [-0.4, -0.2) is 5.54 Å². The predicted octanol–water partition coefficient (Wildman–Crippen LogP) is 10.9. The van der Waals surface area contributed by atoms with Crippen LogP contribution in [0.4, 0.5) is 10.1 Å². The van der Waals surface area contributed by atoms with Crippen LogP contribution in [0.3, 0.4) is 0 Å². The van der Waals surface area contributed by atoms with E-state index >= 15 is 0 Å². The van der Waals surface area contributed by atoms with Crippen molar-refractivity contribution in [3.05, 3.63) is 127 Å². The number of allylic oxidation sites excluding steroid dienone is 6. The molecule has 0 spiro atoms. The molecule has 2 aromatic carbocycles. The summed E-state index contributed by atoms with van der Waals surface area (Å²) >= 11 is 0. The lowest BCUT2D eigenvalue weighted by atomic mass is 9.44. The van der Waals surface area contributed by atoms with Gasteiger partial charge in [-0.25, -0.2) is 4.39 Å². The van der Waals surface area contributed by atoms with Gasteiger partial charge in [-0.3, -0.25) is 0 Å². The minimum atomic E-state index is -0.145. The van der Waals surface area contributed by atoms with Crippen LogP contribution in [0, 0.1) is 53.2 Å². The third kappa shape index (κ3) is 6.63. The zero-order valence-electron chi connectivity index (χ0n) is 29.3. The van der Waals surface area contributed by atoms with Crippen LogP contribution in [0.15, 0.2) is 104 Å². The van der Waals surface area contributed by atoms with Gasteiger partial charge in [0.05, 0.1) is 0 Å². The van der Waals surface area contributed by atoms with Crippen LogP contribution in [-0.2, 0) is 6.42 Å². The number of halogens is 1. The van der Waals surface area contributed by atoms with Crippen molar-refractivity contribution < 1.29 is 4.39 Å². The highest BCUT2D eigenvalue weighted by Crippen LogP contribution is 2.69. The molecule has 4 aliphatic carbocycles. The molecule has 0 amide bonds. The molecule has 7 unspecified atom stereocenters. The third-order valence-electron chi connectivity index (χ3n) is 12.2. The predicted molar refractivity (Wildman–Crippen MR) is 197 cm³/mol. The zero-order valence-corrected chi connectivity index (χ0v) is 29.3. The highest BCUT2D eigenvalue weighted by molar-refractivity contribution is 5.41. The SMILES string of the molecule is C=C.C=CC(=C)C1[C@H](CCC)CC2C1(C)CCC1C3(C)C=CC(C)C=C3CCC12N.Cc1ccc(Cc2ccc(N)cc2)cc1F. The van der Waals surface area contributed by atoms with Crippen molar-refractivity contribution >= 4 is 5.69 Å². The van der Waals surface area contributed by atoms with Crippen molar-refractivity contribution in [3.63, 3.8) is 0 Å². The lowest BCUT2D eigenvalue weighted by Crippen LogP contribution is -2.66. The Morgan fingerprint density at radius 2 is 1.72 bits per heavy atom. The van der Waals surface area contributed by atoms with E-state index in [4.69, 9.17) is 11.5 Å². The maximum absolute atomic E-state index is 13.3. The summed E-state index contributed by atoms with van der Waals surface area (Å²) in [6, 6.07) is 13.0. The Labute approximate surface area is 279 Å². The van der Waals surface area contributed by atoms with E-state index in [2.05, 4.69) is 72.2 Å². The van der Waals surface area contributed by atoms with Crippen molar-refractivity contribution in [1.82, 2.24) is 0 Å². The molecule has 6 rings (SSSR count). The number of rotatable bonds is 6. The van der Waals surface area contributed by atoms with Gasteiger partial charge in [-0.05, 0) is 115 Å². The van der Waals surface area contributed by atoms with Crippen molar-refractivity contribution in [2.75, 3.05) is 5.73 Å². The number of hydrogen-bond donors (Lipinski definition) is 2. The Morgan fingerprint density at radius 1 is 1.04 bits per heavy atom. The number of fused-ring (bicyclic) bond motifs is 5. The van der Waals surface area contributed by atoms with E-state index in [0.29, 0.717) is 29.2 Å². The van der Waals surface area contributed by atoms with Crippen LogP contribution in [0.25, 0.3) is 0 Å². The summed E-state index contributed by atoms with van der Waals surface area (Å²) in [6.45, 7) is 26.0. The fraction of sp³-hybridized carbons (Fsp3) is 0.488. The molecule has 0 saturated heterocycles. The Morgan fingerprint density at radius 3 is 2.35 bits per heavy atom. The molecule has 0 heterocycles. The first kappa shape index (κ1) is 35.7. The smallest absolute Gasteiger partial charge is 0.126 e. The molecule has 0 bridgehead atoms. The van der Waals surface area contributed by atoms with Gasteiger partial charge in [-0.2, -0.15) is 0 Å². The highest BCUT2D eigenvalue weighted by Gasteiger charge is 2.66. The molecule has 248 valence electrons. The quantitative estimate of drug-likeness (QED) is 0.191. The van der Waals surface area contributed by atoms with Crippen LogP contribution in [0.5, 0.6) is 0 Å². The Kier molecular flexibility index (Phi) is 11.1. The number of anilines is 1. The average Bonchev–Trinajstić information content (AvgIpc) is 3.34. The molecule has 3 heteroatoms. The molecule has 0 aromatic heterocycles. The normalized spacial score (nSPS) is 33.9. The Bertz CT molecular complexity index is 1450. The van der Waals surface area contributed by atoms with Crippen LogP contribution < -0.4 is 11.5 Å². The molecule has 3 fully saturated rings. The monoisotopic (exact) mass is 622 g/mol. The van der Waals surface area contributed by atoms with Crippen molar-refractivity contribution in [1.29, 1.82) is 0 Å². The largest absolute Gasteiger partial charge is 0.399 e. The molecule has 2 aromatic rings. The van der Waals surface area contributed by atoms with Gasteiger partial charge in [0.15, 0.2) is 0 Å². The Balaban J connectivity index is 0.000000227. The van der Waals surface area contributed by atoms with Gasteiger partial charge in [0.1, 0.15) is 5.82 Å². The number of hydrogen-bond acceptors (Lipinski definition) is 2. The van der Waals surface area contributed by atoms with E-state index in [0.717, 1.165) is 35.6 Å². The molecule has 4 N–H and O–H groups in total. The van der Waals surface area contributed by atoms with E-state index in [1.165, 1.54) is 44.1 Å². The summed E-state index contributed by atoms with van der Waals surface area (Å²) in [5.74, 6) is 2.87. The topological polar surface area (TPSA) is 52.0 Å². The number of nitrogen functional groups attached to an aromatic ring is 1. The molecule has 4 aliphatic rings. The number of benzene rings is 2. The highest BCUT2D eigenvalue weighted by atomic mass is 19.1. The van der Waals surface area contributed by atoms with E-state index in [9.17, 15) is 4.39 Å². The summed E-state index contributed by atoms with van der Waals surface area (Å²) in [7, 11) is 0. The van der Waals surface area contributed by atoms with Crippen molar-refractivity contribution in [2.45, 2.75) is 91.5 Å². The van der Waals surface area contributed by atoms with E-state index < -0.39 is 0 Å². The molecular formula is C43H59FN2. The second-order valence-electron chi connectivity index (χ2n) is 15.0. The summed E-state index contributed by atoms with van der Waals surface area (Å²) < 4.78 is 13.3. The molecule has 0 aliphatic heterocycles. The molecule has 2 nitrogen and oxygen atoms in total. The van der Waals surface area contributed by atoms with Gasteiger partial charge < -0.3 is 11.5 Å². The lowest BCUT2D eigenvalue weighted by Gasteiger charge is -2.62. The summed E-state index contributed by atoms with van der Waals surface area (Å²) in [6.07, 6.45) is 18.9. The first-order valence-corrected chi connectivity index (χ1v) is 17.5. The lowest BCUT2D eigenvalue weighted by molar-refractivity contribution is -0.0496. The van der Waals surface area contributed by atoms with Crippen LogP contribution in [0.1, 0.15) is 89.3 Å². The molecule has 8 atom stereocenters. The molecule has 0 radical (unpaired) electrons. The summed E-state index contributed by atoms with van der Waals surface area (Å²) in [5.41, 5.74) is 20.0. The number of aryl methyl sites for hydroxylation is 1. The molecule has 3 saturated carbocycles.